The maximum absolute atomic E-state index is 13.0. The first kappa shape index (κ1) is 21.1. The number of benzene rings is 1. The van der Waals surface area contributed by atoms with Crippen LogP contribution in [-0.2, 0) is 6.42 Å². The molecule has 5 heteroatoms. The minimum atomic E-state index is -0.149. The lowest BCUT2D eigenvalue weighted by atomic mass is 9.90. The molecule has 2 saturated heterocycles. The number of hydrogen-bond donors (Lipinski definition) is 1. The number of ether oxygens (including phenoxy) is 1. The van der Waals surface area contributed by atoms with E-state index in [9.17, 15) is 4.39 Å². The van der Waals surface area contributed by atoms with Crippen LogP contribution in [0.5, 0.6) is 5.75 Å². The minimum absolute atomic E-state index is 0.149. The smallest absolute Gasteiger partial charge is 0.139 e. The van der Waals surface area contributed by atoms with Crippen LogP contribution in [-0.4, -0.2) is 37.3 Å². The first-order valence-electron chi connectivity index (χ1n) is 11.6. The van der Waals surface area contributed by atoms with Crippen molar-refractivity contribution in [2.45, 2.75) is 57.4 Å². The fraction of sp³-hybridized carbons (Fsp3) is 0.560. The number of halogens is 1. The van der Waals surface area contributed by atoms with Crippen LogP contribution in [0.4, 0.5) is 10.1 Å². The summed E-state index contributed by atoms with van der Waals surface area (Å²) in [5, 5.41) is 3.47. The third-order valence-electron chi connectivity index (χ3n) is 6.53. The summed E-state index contributed by atoms with van der Waals surface area (Å²) < 4.78 is 19.0. The second-order valence-electron chi connectivity index (χ2n) is 8.79. The number of piperidine rings is 1. The average Bonchev–Trinajstić information content (AvgIpc) is 3.31. The van der Waals surface area contributed by atoms with Gasteiger partial charge in [-0.25, -0.2) is 4.39 Å². The second kappa shape index (κ2) is 10.8. The molecule has 4 rings (SSSR count). The Morgan fingerprint density at radius 2 is 1.90 bits per heavy atom. The molecule has 0 aliphatic carbocycles. The Bertz CT molecular complexity index is 768. The predicted molar refractivity (Wildman–Crippen MR) is 120 cm³/mol. The molecule has 1 N–H and O–H groups in total. The number of unbranched alkanes of at least 4 members (excludes halogenated alkanes) is 1. The van der Waals surface area contributed by atoms with Gasteiger partial charge in [-0.1, -0.05) is 25.0 Å². The molecule has 0 unspecified atom stereocenters. The summed E-state index contributed by atoms with van der Waals surface area (Å²) in [5.41, 5.74) is 2.42. The largest absolute Gasteiger partial charge is 0.490 e. The van der Waals surface area contributed by atoms with E-state index in [4.69, 9.17) is 4.74 Å². The van der Waals surface area contributed by atoms with Gasteiger partial charge in [-0.05, 0) is 68.7 Å². The molecule has 2 fully saturated rings. The molecule has 162 valence electrons. The molecule has 2 aliphatic rings. The topological polar surface area (TPSA) is 37.4 Å². The molecule has 3 heterocycles. The van der Waals surface area contributed by atoms with Crippen molar-refractivity contribution >= 4 is 5.69 Å². The normalized spacial score (nSPS) is 19.9. The zero-order valence-corrected chi connectivity index (χ0v) is 17.9. The SMILES string of the molecule is Fc1ccc(CCCCC2CCN(c3cncc(OC[C@@H]4CCCN4)c3)CC2)cc1. The summed E-state index contributed by atoms with van der Waals surface area (Å²) in [7, 11) is 0. The van der Waals surface area contributed by atoms with E-state index < -0.39 is 0 Å². The zero-order valence-electron chi connectivity index (χ0n) is 17.9. The van der Waals surface area contributed by atoms with Crippen molar-refractivity contribution < 1.29 is 9.13 Å². The minimum Gasteiger partial charge on any atom is -0.490 e. The van der Waals surface area contributed by atoms with Crippen molar-refractivity contribution in [2.75, 3.05) is 31.1 Å². The molecular formula is C25H34FN3O. The number of nitrogens with zero attached hydrogens (tertiary/aromatic N) is 2. The van der Waals surface area contributed by atoms with E-state index in [1.54, 1.807) is 12.1 Å². The Hall–Kier alpha value is -2.14. The fourth-order valence-corrected chi connectivity index (χ4v) is 4.65. The van der Waals surface area contributed by atoms with Crippen molar-refractivity contribution in [3.8, 4) is 5.75 Å². The summed E-state index contributed by atoms with van der Waals surface area (Å²) in [6.45, 7) is 4.02. The van der Waals surface area contributed by atoms with Gasteiger partial charge < -0.3 is 15.0 Å². The lowest BCUT2D eigenvalue weighted by molar-refractivity contribution is 0.276. The highest BCUT2D eigenvalue weighted by molar-refractivity contribution is 5.48. The van der Waals surface area contributed by atoms with Gasteiger partial charge in [-0.3, -0.25) is 4.98 Å². The monoisotopic (exact) mass is 411 g/mol. The summed E-state index contributed by atoms with van der Waals surface area (Å²) in [4.78, 5) is 6.86. The number of anilines is 1. The van der Waals surface area contributed by atoms with Crippen molar-refractivity contribution in [2.24, 2.45) is 5.92 Å². The molecule has 1 aromatic carbocycles. The Labute approximate surface area is 179 Å². The third-order valence-corrected chi connectivity index (χ3v) is 6.53. The molecule has 0 amide bonds. The van der Waals surface area contributed by atoms with Crippen molar-refractivity contribution in [3.05, 3.63) is 54.1 Å². The molecular weight excluding hydrogens is 377 g/mol. The van der Waals surface area contributed by atoms with Gasteiger partial charge in [-0.2, -0.15) is 0 Å². The number of aromatic nitrogens is 1. The van der Waals surface area contributed by atoms with Crippen LogP contribution in [0.3, 0.4) is 0 Å². The molecule has 0 radical (unpaired) electrons. The molecule has 0 saturated carbocycles. The van der Waals surface area contributed by atoms with Crippen molar-refractivity contribution in [1.29, 1.82) is 0 Å². The average molecular weight is 412 g/mol. The van der Waals surface area contributed by atoms with Crippen molar-refractivity contribution in [1.82, 2.24) is 10.3 Å². The molecule has 0 spiro atoms. The van der Waals surface area contributed by atoms with E-state index in [1.165, 1.54) is 56.2 Å². The number of rotatable bonds is 9. The van der Waals surface area contributed by atoms with Gasteiger partial charge in [0.25, 0.3) is 0 Å². The lowest BCUT2D eigenvalue weighted by Gasteiger charge is -2.33. The van der Waals surface area contributed by atoms with Gasteiger partial charge in [-0.15, -0.1) is 0 Å². The van der Waals surface area contributed by atoms with E-state index >= 15 is 0 Å². The van der Waals surface area contributed by atoms with Gasteiger partial charge >= 0.3 is 0 Å². The zero-order chi connectivity index (χ0) is 20.6. The predicted octanol–water partition coefficient (Wildman–Crippen LogP) is 4.98. The Morgan fingerprint density at radius 3 is 2.67 bits per heavy atom. The third kappa shape index (κ3) is 6.18. The van der Waals surface area contributed by atoms with Gasteiger partial charge in [0, 0.05) is 25.2 Å². The number of nitrogens with one attached hydrogen (secondary N) is 1. The van der Waals surface area contributed by atoms with Crippen LogP contribution >= 0.6 is 0 Å². The van der Waals surface area contributed by atoms with E-state index in [1.807, 2.05) is 24.5 Å². The maximum atomic E-state index is 13.0. The van der Waals surface area contributed by atoms with Crippen LogP contribution in [0.2, 0.25) is 0 Å². The van der Waals surface area contributed by atoms with Gasteiger partial charge in [0.05, 0.1) is 18.1 Å². The molecule has 4 nitrogen and oxygen atoms in total. The molecule has 0 bridgehead atoms. The summed E-state index contributed by atoms with van der Waals surface area (Å²) in [6.07, 6.45) is 13.5. The van der Waals surface area contributed by atoms with Crippen LogP contribution in [0, 0.1) is 11.7 Å². The van der Waals surface area contributed by atoms with Crippen LogP contribution < -0.4 is 15.0 Å². The number of hydrogen-bond acceptors (Lipinski definition) is 4. The Kier molecular flexibility index (Phi) is 7.57. The van der Waals surface area contributed by atoms with Crippen molar-refractivity contribution in [3.63, 3.8) is 0 Å². The molecule has 2 aromatic rings. The van der Waals surface area contributed by atoms with E-state index in [0.717, 1.165) is 44.3 Å². The highest BCUT2D eigenvalue weighted by atomic mass is 19.1. The second-order valence-corrected chi connectivity index (χ2v) is 8.79. The highest BCUT2D eigenvalue weighted by Crippen LogP contribution is 2.28. The molecule has 30 heavy (non-hydrogen) atoms. The molecule has 1 atom stereocenters. The summed E-state index contributed by atoms with van der Waals surface area (Å²) in [6, 6.07) is 9.56. The van der Waals surface area contributed by atoms with Crippen LogP contribution in [0.1, 0.15) is 50.5 Å². The fourth-order valence-electron chi connectivity index (χ4n) is 4.65. The number of pyridine rings is 1. The van der Waals surface area contributed by atoms with Gasteiger partial charge in [0.2, 0.25) is 0 Å². The quantitative estimate of drug-likeness (QED) is 0.591. The first-order valence-corrected chi connectivity index (χ1v) is 11.6. The van der Waals surface area contributed by atoms with Crippen LogP contribution in [0.15, 0.2) is 42.7 Å². The Balaban J connectivity index is 1.16. The maximum Gasteiger partial charge on any atom is 0.139 e. The first-order chi connectivity index (χ1) is 14.8. The summed E-state index contributed by atoms with van der Waals surface area (Å²) >= 11 is 0. The highest BCUT2D eigenvalue weighted by Gasteiger charge is 2.20. The molecule has 1 aromatic heterocycles. The molecule has 2 aliphatic heterocycles. The van der Waals surface area contributed by atoms with Gasteiger partial charge in [0.1, 0.15) is 18.2 Å². The van der Waals surface area contributed by atoms with Gasteiger partial charge in [0.15, 0.2) is 0 Å². The van der Waals surface area contributed by atoms with E-state index in [2.05, 4.69) is 21.3 Å². The lowest BCUT2D eigenvalue weighted by Crippen LogP contribution is -2.33. The van der Waals surface area contributed by atoms with E-state index in [0.29, 0.717) is 6.04 Å². The Morgan fingerprint density at radius 1 is 1.07 bits per heavy atom. The summed E-state index contributed by atoms with van der Waals surface area (Å²) in [5.74, 6) is 1.54. The number of aryl methyl sites for hydroxylation is 1. The van der Waals surface area contributed by atoms with E-state index in [-0.39, 0.29) is 5.82 Å². The van der Waals surface area contributed by atoms with Crippen LogP contribution in [0.25, 0.3) is 0 Å². The standard InChI is InChI=1S/C25H34FN3O/c26-22-9-7-20(8-10-22)4-1-2-5-21-11-14-29(15-12-21)24-16-25(18-27-17-24)30-19-23-6-3-13-28-23/h7-10,16-18,21,23,28H,1-6,11-15,19H2/t23-/m0/s1.